The Morgan fingerprint density at radius 2 is 1.89 bits per heavy atom. The van der Waals surface area contributed by atoms with E-state index in [1.807, 2.05) is 42.5 Å². The highest BCUT2D eigenvalue weighted by Gasteiger charge is 2.32. The number of amides is 2. The second kappa shape index (κ2) is 8.91. The lowest BCUT2D eigenvalue weighted by Crippen LogP contribution is -2.47. The lowest BCUT2D eigenvalue weighted by atomic mass is 9.80. The van der Waals surface area contributed by atoms with Gasteiger partial charge in [0.1, 0.15) is 5.75 Å². The van der Waals surface area contributed by atoms with Crippen molar-refractivity contribution in [3.8, 4) is 5.75 Å². The van der Waals surface area contributed by atoms with Crippen LogP contribution in [0.4, 0.5) is 10.5 Å². The summed E-state index contributed by atoms with van der Waals surface area (Å²) in [5.74, 6) is 0.796. The first kappa shape index (κ1) is 19.2. The van der Waals surface area contributed by atoms with Gasteiger partial charge in [0.15, 0.2) is 0 Å². The van der Waals surface area contributed by atoms with Crippen molar-refractivity contribution in [2.45, 2.75) is 44.6 Å². The number of ether oxygens (including phenoxy) is 1. The Morgan fingerprint density at radius 3 is 2.63 bits per heavy atom. The zero-order valence-corrected chi connectivity index (χ0v) is 15.8. The number of unbranched alkanes of at least 4 members (excludes halogenated alkanes) is 1. The Balaban J connectivity index is 1.47. The molecule has 1 unspecified atom stereocenters. The van der Waals surface area contributed by atoms with E-state index in [1.165, 1.54) is 5.56 Å². The van der Waals surface area contributed by atoms with Gasteiger partial charge in [0.2, 0.25) is 0 Å². The van der Waals surface area contributed by atoms with E-state index in [1.54, 1.807) is 0 Å². The third-order valence-electron chi connectivity index (χ3n) is 4.95. The molecule has 0 saturated heterocycles. The number of nitrogens with one attached hydrogen (secondary N) is 2. The molecule has 1 aliphatic rings. The van der Waals surface area contributed by atoms with E-state index in [2.05, 4.69) is 23.6 Å². The normalized spacial score (nSPS) is 18.4. The number of fused-ring (bicyclic) bond motifs is 1. The van der Waals surface area contributed by atoms with Crippen LogP contribution in [0.3, 0.4) is 0 Å². The molecule has 0 aromatic heterocycles. The van der Waals surface area contributed by atoms with Crippen molar-refractivity contribution in [2.24, 2.45) is 0 Å². The molecule has 3 rings (SSSR count). The maximum atomic E-state index is 12.2. The molecule has 2 amide bonds. The number of carbonyl (C=O) groups is 1. The van der Waals surface area contributed by atoms with Crippen molar-refractivity contribution in [3.05, 3.63) is 59.7 Å². The molecular weight excluding hydrogens is 340 g/mol. The molecule has 5 heteroatoms. The van der Waals surface area contributed by atoms with Gasteiger partial charge in [-0.05, 0) is 54.7 Å². The quantitative estimate of drug-likeness (QED) is 0.649. The standard InChI is InChI=1S/C22H28N2O3/c1-2-3-14-27-20-10-8-19(9-11-20)24-21(25)23-16-22(26)13-12-17-6-4-5-7-18(17)15-22/h4-11,26H,2-3,12-16H2,1H3,(H2,23,24,25). The minimum absolute atomic E-state index is 0.228. The third kappa shape index (κ3) is 5.47. The second-order valence-electron chi connectivity index (χ2n) is 7.20. The molecule has 0 bridgehead atoms. The number of hydrogen-bond acceptors (Lipinski definition) is 3. The van der Waals surface area contributed by atoms with E-state index >= 15 is 0 Å². The van der Waals surface area contributed by atoms with Gasteiger partial charge in [-0.3, -0.25) is 0 Å². The van der Waals surface area contributed by atoms with Gasteiger partial charge in [-0.1, -0.05) is 37.6 Å². The van der Waals surface area contributed by atoms with Crippen LogP contribution < -0.4 is 15.4 Å². The number of aliphatic hydroxyl groups is 1. The first-order chi connectivity index (χ1) is 13.1. The summed E-state index contributed by atoms with van der Waals surface area (Å²) in [5, 5.41) is 16.4. The van der Waals surface area contributed by atoms with Crippen LogP contribution in [0.25, 0.3) is 0 Å². The highest BCUT2D eigenvalue weighted by molar-refractivity contribution is 5.89. The Labute approximate surface area is 160 Å². The molecule has 0 fully saturated rings. The molecule has 2 aromatic carbocycles. The highest BCUT2D eigenvalue weighted by atomic mass is 16.5. The van der Waals surface area contributed by atoms with Crippen LogP contribution in [0.2, 0.25) is 0 Å². The van der Waals surface area contributed by atoms with Crippen molar-refractivity contribution < 1.29 is 14.6 Å². The summed E-state index contributed by atoms with van der Waals surface area (Å²) in [4.78, 5) is 12.2. The number of benzene rings is 2. The second-order valence-corrected chi connectivity index (χ2v) is 7.20. The summed E-state index contributed by atoms with van der Waals surface area (Å²) in [6, 6.07) is 15.2. The van der Waals surface area contributed by atoms with Gasteiger partial charge in [0.25, 0.3) is 0 Å². The van der Waals surface area contributed by atoms with Gasteiger partial charge in [-0.25, -0.2) is 4.79 Å². The van der Waals surface area contributed by atoms with Gasteiger partial charge in [-0.15, -0.1) is 0 Å². The van der Waals surface area contributed by atoms with E-state index in [0.717, 1.165) is 30.6 Å². The van der Waals surface area contributed by atoms with E-state index in [-0.39, 0.29) is 12.6 Å². The molecule has 0 spiro atoms. The monoisotopic (exact) mass is 368 g/mol. The van der Waals surface area contributed by atoms with E-state index in [4.69, 9.17) is 4.74 Å². The highest BCUT2D eigenvalue weighted by Crippen LogP contribution is 2.28. The van der Waals surface area contributed by atoms with Crippen LogP contribution in [-0.2, 0) is 12.8 Å². The Hall–Kier alpha value is -2.53. The summed E-state index contributed by atoms with van der Waals surface area (Å²) in [6.45, 7) is 3.05. The summed E-state index contributed by atoms with van der Waals surface area (Å²) in [5.41, 5.74) is 2.24. The van der Waals surface area contributed by atoms with Crippen molar-refractivity contribution in [2.75, 3.05) is 18.5 Å². The van der Waals surface area contributed by atoms with Crippen LogP contribution in [0.15, 0.2) is 48.5 Å². The molecule has 5 nitrogen and oxygen atoms in total. The first-order valence-electron chi connectivity index (χ1n) is 9.65. The molecule has 144 valence electrons. The van der Waals surface area contributed by atoms with E-state index in [0.29, 0.717) is 25.1 Å². The molecule has 0 heterocycles. The summed E-state index contributed by atoms with van der Waals surface area (Å²) >= 11 is 0. The summed E-state index contributed by atoms with van der Waals surface area (Å²) < 4.78 is 5.61. The molecule has 0 radical (unpaired) electrons. The van der Waals surface area contributed by atoms with Crippen molar-refractivity contribution in [1.82, 2.24) is 5.32 Å². The number of hydrogen-bond donors (Lipinski definition) is 3. The number of anilines is 1. The van der Waals surface area contributed by atoms with Crippen molar-refractivity contribution in [3.63, 3.8) is 0 Å². The Kier molecular flexibility index (Phi) is 6.35. The maximum Gasteiger partial charge on any atom is 0.319 e. The Morgan fingerprint density at radius 1 is 1.15 bits per heavy atom. The molecule has 2 aromatic rings. The van der Waals surface area contributed by atoms with Crippen LogP contribution in [-0.4, -0.2) is 29.9 Å². The molecule has 3 N–H and O–H groups in total. The molecule has 0 saturated carbocycles. The number of rotatable bonds is 7. The topological polar surface area (TPSA) is 70.6 Å². The summed E-state index contributed by atoms with van der Waals surface area (Å²) in [7, 11) is 0. The fourth-order valence-corrected chi connectivity index (χ4v) is 3.32. The number of aryl methyl sites for hydroxylation is 1. The molecule has 1 aliphatic carbocycles. The largest absolute Gasteiger partial charge is 0.494 e. The fourth-order valence-electron chi connectivity index (χ4n) is 3.32. The fraction of sp³-hybridized carbons (Fsp3) is 0.409. The van der Waals surface area contributed by atoms with Crippen LogP contribution in [0, 0.1) is 0 Å². The molecule has 0 aliphatic heterocycles. The lowest BCUT2D eigenvalue weighted by molar-refractivity contribution is 0.0295. The number of carbonyl (C=O) groups excluding carboxylic acids is 1. The van der Waals surface area contributed by atoms with Crippen molar-refractivity contribution in [1.29, 1.82) is 0 Å². The first-order valence-corrected chi connectivity index (χ1v) is 9.65. The average Bonchev–Trinajstić information content (AvgIpc) is 2.68. The zero-order valence-electron chi connectivity index (χ0n) is 15.8. The molecular formula is C22H28N2O3. The number of urea groups is 1. The van der Waals surface area contributed by atoms with Gasteiger partial charge in [0, 0.05) is 18.7 Å². The van der Waals surface area contributed by atoms with Gasteiger partial charge >= 0.3 is 6.03 Å². The maximum absolute atomic E-state index is 12.2. The van der Waals surface area contributed by atoms with Crippen LogP contribution in [0.5, 0.6) is 5.75 Å². The molecule has 27 heavy (non-hydrogen) atoms. The van der Waals surface area contributed by atoms with Crippen LogP contribution in [0.1, 0.15) is 37.3 Å². The van der Waals surface area contributed by atoms with E-state index in [9.17, 15) is 9.90 Å². The zero-order chi connectivity index (χ0) is 19.1. The van der Waals surface area contributed by atoms with Gasteiger partial charge < -0.3 is 20.5 Å². The van der Waals surface area contributed by atoms with Crippen LogP contribution >= 0.6 is 0 Å². The predicted octanol–water partition coefficient (Wildman–Crippen LogP) is 3.91. The lowest BCUT2D eigenvalue weighted by Gasteiger charge is -2.33. The third-order valence-corrected chi connectivity index (χ3v) is 4.95. The van der Waals surface area contributed by atoms with E-state index < -0.39 is 5.60 Å². The average molecular weight is 368 g/mol. The molecule has 1 atom stereocenters. The van der Waals surface area contributed by atoms with Gasteiger partial charge in [0.05, 0.1) is 12.2 Å². The van der Waals surface area contributed by atoms with Crippen molar-refractivity contribution >= 4 is 11.7 Å². The minimum Gasteiger partial charge on any atom is -0.494 e. The smallest absolute Gasteiger partial charge is 0.319 e. The predicted molar refractivity (Wildman–Crippen MR) is 107 cm³/mol. The minimum atomic E-state index is -0.900. The SMILES string of the molecule is CCCCOc1ccc(NC(=O)NCC2(O)CCc3ccccc3C2)cc1. The summed E-state index contributed by atoms with van der Waals surface area (Å²) in [6.07, 6.45) is 4.16. The van der Waals surface area contributed by atoms with Gasteiger partial charge in [-0.2, -0.15) is 0 Å². The Bertz CT molecular complexity index is 760.